The van der Waals surface area contributed by atoms with Crippen LogP contribution in [0.25, 0.3) is 0 Å². The molecule has 0 bridgehead atoms. The summed E-state index contributed by atoms with van der Waals surface area (Å²) in [4.78, 5) is 12.1. The van der Waals surface area contributed by atoms with Crippen molar-refractivity contribution in [2.45, 2.75) is 33.3 Å². The Hall–Kier alpha value is -2.29. The molecule has 3 heteroatoms. The molecule has 116 valence electrons. The van der Waals surface area contributed by atoms with Crippen molar-refractivity contribution in [2.24, 2.45) is 0 Å². The van der Waals surface area contributed by atoms with Gasteiger partial charge in [0, 0.05) is 6.54 Å². The van der Waals surface area contributed by atoms with Crippen LogP contribution in [0.4, 0.5) is 0 Å². The average molecular weight is 297 g/mol. The van der Waals surface area contributed by atoms with E-state index in [0.717, 1.165) is 23.3 Å². The summed E-state index contributed by atoms with van der Waals surface area (Å²) in [5.41, 5.74) is 3.30. The highest BCUT2D eigenvalue weighted by Gasteiger charge is 2.16. The van der Waals surface area contributed by atoms with E-state index >= 15 is 0 Å². The van der Waals surface area contributed by atoms with E-state index in [-0.39, 0.29) is 5.91 Å². The lowest BCUT2D eigenvalue weighted by molar-refractivity contribution is -0.127. The van der Waals surface area contributed by atoms with Crippen LogP contribution in [-0.2, 0) is 11.2 Å². The summed E-state index contributed by atoms with van der Waals surface area (Å²) in [6.45, 7) is 6.37. The van der Waals surface area contributed by atoms with E-state index in [2.05, 4.69) is 17.4 Å². The van der Waals surface area contributed by atoms with Gasteiger partial charge < -0.3 is 10.1 Å². The zero-order chi connectivity index (χ0) is 15.9. The van der Waals surface area contributed by atoms with Crippen LogP contribution in [0.3, 0.4) is 0 Å². The molecule has 0 spiro atoms. The van der Waals surface area contributed by atoms with Gasteiger partial charge in [-0.25, -0.2) is 0 Å². The number of hydrogen-bond donors (Lipinski definition) is 1. The summed E-state index contributed by atoms with van der Waals surface area (Å²) in [5, 5.41) is 2.93. The molecule has 0 radical (unpaired) electrons. The van der Waals surface area contributed by atoms with E-state index in [0.29, 0.717) is 6.54 Å². The Morgan fingerprint density at radius 3 is 2.32 bits per heavy atom. The molecule has 22 heavy (non-hydrogen) atoms. The monoisotopic (exact) mass is 297 g/mol. The number of para-hydroxylation sites is 1. The van der Waals surface area contributed by atoms with Crippen molar-refractivity contribution in [3.8, 4) is 5.75 Å². The summed E-state index contributed by atoms with van der Waals surface area (Å²) >= 11 is 0. The van der Waals surface area contributed by atoms with E-state index in [9.17, 15) is 4.79 Å². The summed E-state index contributed by atoms with van der Waals surface area (Å²) < 4.78 is 5.83. The van der Waals surface area contributed by atoms with Gasteiger partial charge >= 0.3 is 0 Å². The number of carbonyl (C=O) groups is 1. The Balaban J connectivity index is 1.85. The second-order valence-corrected chi connectivity index (χ2v) is 5.51. The van der Waals surface area contributed by atoms with Crippen molar-refractivity contribution in [1.29, 1.82) is 0 Å². The van der Waals surface area contributed by atoms with Gasteiger partial charge in [0.2, 0.25) is 0 Å². The summed E-state index contributed by atoms with van der Waals surface area (Å²) in [5.74, 6) is 0.715. The lowest BCUT2D eigenvalue weighted by Gasteiger charge is -2.18. The van der Waals surface area contributed by atoms with Crippen LogP contribution in [0.5, 0.6) is 5.75 Å². The van der Waals surface area contributed by atoms with Gasteiger partial charge in [-0.1, -0.05) is 48.5 Å². The maximum Gasteiger partial charge on any atom is 0.260 e. The Labute approximate surface area is 132 Å². The van der Waals surface area contributed by atoms with Gasteiger partial charge in [0.05, 0.1) is 0 Å². The molecule has 0 aliphatic carbocycles. The fourth-order valence-corrected chi connectivity index (χ4v) is 2.33. The average Bonchev–Trinajstić information content (AvgIpc) is 2.52. The van der Waals surface area contributed by atoms with Crippen LogP contribution >= 0.6 is 0 Å². The molecule has 1 N–H and O–H groups in total. The summed E-state index contributed by atoms with van der Waals surface area (Å²) in [6.07, 6.45) is 0.318. The van der Waals surface area contributed by atoms with Gasteiger partial charge in [0.25, 0.3) is 5.91 Å². The van der Waals surface area contributed by atoms with E-state index in [1.54, 1.807) is 6.92 Å². The quantitative estimate of drug-likeness (QED) is 0.887. The second-order valence-electron chi connectivity index (χ2n) is 5.51. The third kappa shape index (κ3) is 4.35. The molecular formula is C19H23NO2. The molecule has 0 saturated carbocycles. The zero-order valence-corrected chi connectivity index (χ0v) is 13.4. The Morgan fingerprint density at radius 2 is 1.68 bits per heavy atom. The molecule has 2 aromatic rings. The van der Waals surface area contributed by atoms with E-state index in [1.165, 1.54) is 5.56 Å². The summed E-state index contributed by atoms with van der Waals surface area (Å²) in [6, 6.07) is 16.1. The van der Waals surface area contributed by atoms with Gasteiger partial charge in [-0.2, -0.15) is 0 Å². The third-order valence-corrected chi connectivity index (χ3v) is 3.63. The molecule has 0 aromatic heterocycles. The minimum absolute atomic E-state index is 0.0846. The maximum absolute atomic E-state index is 12.1. The minimum atomic E-state index is -0.504. The molecule has 2 aromatic carbocycles. The van der Waals surface area contributed by atoms with Crippen molar-refractivity contribution in [3.63, 3.8) is 0 Å². The van der Waals surface area contributed by atoms with Crippen LogP contribution < -0.4 is 10.1 Å². The normalized spacial score (nSPS) is 11.8. The lowest BCUT2D eigenvalue weighted by atomic mass is 10.1. The number of benzene rings is 2. The first-order chi connectivity index (χ1) is 10.6. The van der Waals surface area contributed by atoms with Crippen molar-refractivity contribution < 1.29 is 9.53 Å². The molecule has 0 heterocycles. The molecule has 3 nitrogen and oxygen atoms in total. The van der Waals surface area contributed by atoms with Crippen molar-refractivity contribution >= 4 is 5.91 Å². The second kappa shape index (κ2) is 7.64. The van der Waals surface area contributed by atoms with Gasteiger partial charge in [-0.05, 0) is 43.9 Å². The molecular weight excluding hydrogens is 274 g/mol. The van der Waals surface area contributed by atoms with E-state index in [4.69, 9.17) is 4.74 Å². The van der Waals surface area contributed by atoms with Crippen molar-refractivity contribution in [1.82, 2.24) is 5.32 Å². The Kier molecular flexibility index (Phi) is 5.59. The number of aryl methyl sites for hydroxylation is 2. The fourth-order valence-electron chi connectivity index (χ4n) is 2.33. The van der Waals surface area contributed by atoms with Crippen LogP contribution in [0.1, 0.15) is 23.6 Å². The van der Waals surface area contributed by atoms with Crippen LogP contribution in [0.15, 0.2) is 48.5 Å². The topological polar surface area (TPSA) is 38.3 Å². The standard InChI is InChI=1S/C19H23NO2/c1-14-8-7-9-15(2)18(14)22-16(3)19(21)20-13-12-17-10-5-4-6-11-17/h4-11,16H,12-13H2,1-3H3,(H,20,21)/t16-/m1/s1. The highest BCUT2D eigenvalue weighted by atomic mass is 16.5. The molecule has 0 saturated heterocycles. The molecule has 0 aliphatic heterocycles. The minimum Gasteiger partial charge on any atom is -0.480 e. The van der Waals surface area contributed by atoms with Gasteiger partial charge in [-0.15, -0.1) is 0 Å². The molecule has 0 aliphatic rings. The third-order valence-electron chi connectivity index (χ3n) is 3.63. The largest absolute Gasteiger partial charge is 0.480 e. The van der Waals surface area contributed by atoms with E-state index in [1.807, 2.05) is 50.2 Å². The first-order valence-corrected chi connectivity index (χ1v) is 7.62. The summed E-state index contributed by atoms with van der Waals surface area (Å²) in [7, 11) is 0. The maximum atomic E-state index is 12.1. The first-order valence-electron chi connectivity index (χ1n) is 7.62. The first kappa shape index (κ1) is 16.1. The molecule has 1 atom stereocenters. The molecule has 0 unspecified atom stereocenters. The van der Waals surface area contributed by atoms with Gasteiger partial charge in [-0.3, -0.25) is 4.79 Å². The van der Waals surface area contributed by atoms with Gasteiger partial charge in [0.1, 0.15) is 5.75 Å². The number of hydrogen-bond acceptors (Lipinski definition) is 2. The molecule has 1 amide bonds. The molecule has 2 rings (SSSR count). The zero-order valence-electron chi connectivity index (χ0n) is 13.4. The van der Waals surface area contributed by atoms with Gasteiger partial charge in [0.15, 0.2) is 6.10 Å². The number of carbonyl (C=O) groups excluding carboxylic acids is 1. The lowest BCUT2D eigenvalue weighted by Crippen LogP contribution is -2.37. The van der Waals surface area contributed by atoms with Crippen molar-refractivity contribution in [3.05, 3.63) is 65.2 Å². The highest BCUT2D eigenvalue weighted by molar-refractivity contribution is 5.80. The Bertz CT molecular complexity index is 602. The van der Waals surface area contributed by atoms with Crippen molar-refractivity contribution in [2.75, 3.05) is 6.54 Å². The molecule has 0 fully saturated rings. The Morgan fingerprint density at radius 1 is 1.05 bits per heavy atom. The number of amides is 1. The fraction of sp³-hybridized carbons (Fsp3) is 0.316. The predicted molar refractivity (Wildman–Crippen MR) is 89.2 cm³/mol. The van der Waals surface area contributed by atoms with Crippen LogP contribution in [0.2, 0.25) is 0 Å². The van der Waals surface area contributed by atoms with Crippen LogP contribution in [-0.4, -0.2) is 18.6 Å². The number of nitrogens with one attached hydrogen (secondary N) is 1. The highest BCUT2D eigenvalue weighted by Crippen LogP contribution is 2.23. The SMILES string of the molecule is Cc1cccc(C)c1O[C@H](C)C(=O)NCCc1ccccc1. The van der Waals surface area contributed by atoms with Crippen LogP contribution in [0, 0.1) is 13.8 Å². The van der Waals surface area contributed by atoms with E-state index < -0.39 is 6.10 Å². The predicted octanol–water partition coefficient (Wildman–Crippen LogP) is 3.43. The smallest absolute Gasteiger partial charge is 0.260 e. The number of rotatable bonds is 6. The number of ether oxygens (including phenoxy) is 1.